The topological polar surface area (TPSA) is 47.9 Å². The van der Waals surface area contributed by atoms with Gasteiger partial charge in [-0.3, -0.25) is 4.99 Å². The smallest absolute Gasteiger partial charge is 0.343 e. The number of hydrogen-bond acceptors (Lipinski definition) is 4. The van der Waals surface area contributed by atoms with Crippen LogP contribution in [0, 0.1) is 6.92 Å². The van der Waals surface area contributed by atoms with Crippen molar-refractivity contribution in [3.63, 3.8) is 0 Å². The molecule has 4 nitrogen and oxygen atoms in total. The van der Waals surface area contributed by atoms with Crippen LogP contribution >= 0.6 is 0 Å². The van der Waals surface area contributed by atoms with E-state index in [1.165, 1.54) is 0 Å². The van der Waals surface area contributed by atoms with E-state index in [9.17, 15) is 4.79 Å². The van der Waals surface area contributed by atoms with E-state index in [2.05, 4.69) is 4.99 Å². The Bertz CT molecular complexity index is 929. The van der Waals surface area contributed by atoms with Gasteiger partial charge in [-0.15, -0.1) is 0 Å². The summed E-state index contributed by atoms with van der Waals surface area (Å²) in [5.74, 6) is 1.03. The predicted molar refractivity (Wildman–Crippen MR) is 107 cm³/mol. The maximum absolute atomic E-state index is 12.3. The average Bonchev–Trinajstić information content (AvgIpc) is 2.70. The van der Waals surface area contributed by atoms with E-state index >= 15 is 0 Å². The van der Waals surface area contributed by atoms with E-state index in [4.69, 9.17) is 9.47 Å². The van der Waals surface area contributed by atoms with Gasteiger partial charge in [0, 0.05) is 6.21 Å². The number of aryl methyl sites for hydroxylation is 1. The molecule has 0 unspecified atom stereocenters. The molecule has 0 amide bonds. The van der Waals surface area contributed by atoms with Crippen LogP contribution in [0.2, 0.25) is 0 Å². The number of carbonyl (C=O) groups excluding carboxylic acids is 1. The van der Waals surface area contributed by atoms with Crippen molar-refractivity contribution in [2.45, 2.75) is 13.8 Å². The lowest BCUT2D eigenvalue weighted by molar-refractivity contribution is 0.0733. The first-order chi connectivity index (χ1) is 13.2. The molecule has 3 rings (SSSR count). The molecular formula is C23H21NO3. The lowest BCUT2D eigenvalue weighted by atomic mass is 10.2. The van der Waals surface area contributed by atoms with E-state index in [1.54, 1.807) is 36.5 Å². The molecule has 136 valence electrons. The first-order valence-corrected chi connectivity index (χ1v) is 8.80. The van der Waals surface area contributed by atoms with Crippen LogP contribution in [0.4, 0.5) is 5.69 Å². The lowest BCUT2D eigenvalue weighted by Crippen LogP contribution is -2.08. The van der Waals surface area contributed by atoms with Gasteiger partial charge in [-0.25, -0.2) is 4.79 Å². The maximum Gasteiger partial charge on any atom is 0.343 e. The molecule has 0 bridgehead atoms. The standard InChI is InChI=1S/C23H21NO3/c1-3-26-21-14-8-18(9-15-21)16-24-20-12-10-19(11-13-20)23(25)27-22-7-5-4-6-17(22)2/h4-16H,3H2,1-2H3. The van der Waals surface area contributed by atoms with Gasteiger partial charge in [-0.2, -0.15) is 0 Å². The summed E-state index contributed by atoms with van der Waals surface area (Å²) in [4.78, 5) is 16.7. The van der Waals surface area contributed by atoms with Crippen molar-refractivity contribution in [3.8, 4) is 11.5 Å². The van der Waals surface area contributed by atoms with Crippen LogP contribution in [-0.2, 0) is 0 Å². The molecule has 3 aromatic carbocycles. The molecule has 0 radical (unpaired) electrons. The molecular weight excluding hydrogens is 338 g/mol. The first kappa shape index (κ1) is 18.4. The normalized spacial score (nSPS) is 10.7. The van der Waals surface area contributed by atoms with Gasteiger partial charge in [0.25, 0.3) is 0 Å². The summed E-state index contributed by atoms with van der Waals surface area (Å²) in [6, 6.07) is 22.2. The number of nitrogens with zero attached hydrogens (tertiary/aromatic N) is 1. The third kappa shape index (κ3) is 5.05. The molecule has 0 saturated heterocycles. The van der Waals surface area contributed by atoms with Crippen LogP contribution in [0.1, 0.15) is 28.4 Å². The van der Waals surface area contributed by atoms with Gasteiger partial charge >= 0.3 is 5.97 Å². The molecule has 3 aromatic rings. The van der Waals surface area contributed by atoms with Crippen molar-refractivity contribution in [2.75, 3.05) is 6.61 Å². The Hall–Kier alpha value is -3.40. The monoisotopic (exact) mass is 359 g/mol. The third-order valence-electron chi connectivity index (χ3n) is 3.95. The summed E-state index contributed by atoms with van der Waals surface area (Å²) < 4.78 is 10.9. The van der Waals surface area contributed by atoms with Crippen LogP contribution < -0.4 is 9.47 Å². The molecule has 0 spiro atoms. The Morgan fingerprint density at radius 3 is 2.33 bits per heavy atom. The van der Waals surface area contributed by atoms with Crippen LogP contribution in [0.3, 0.4) is 0 Å². The Balaban J connectivity index is 1.64. The van der Waals surface area contributed by atoms with Crippen molar-refractivity contribution >= 4 is 17.9 Å². The quantitative estimate of drug-likeness (QED) is 0.338. The summed E-state index contributed by atoms with van der Waals surface area (Å²) in [7, 11) is 0. The predicted octanol–water partition coefficient (Wildman–Crippen LogP) is 5.36. The van der Waals surface area contributed by atoms with E-state index in [0.29, 0.717) is 17.9 Å². The highest BCUT2D eigenvalue weighted by Gasteiger charge is 2.09. The minimum Gasteiger partial charge on any atom is -0.494 e. The second kappa shape index (κ2) is 8.81. The van der Waals surface area contributed by atoms with Crippen LogP contribution in [0.25, 0.3) is 0 Å². The van der Waals surface area contributed by atoms with Gasteiger partial charge in [-0.05, 0) is 79.6 Å². The van der Waals surface area contributed by atoms with Crippen molar-refractivity contribution in [1.29, 1.82) is 0 Å². The van der Waals surface area contributed by atoms with Crippen molar-refractivity contribution < 1.29 is 14.3 Å². The van der Waals surface area contributed by atoms with Gasteiger partial charge in [-0.1, -0.05) is 18.2 Å². The number of para-hydroxylation sites is 1. The van der Waals surface area contributed by atoms with Crippen LogP contribution in [0.5, 0.6) is 11.5 Å². The van der Waals surface area contributed by atoms with Gasteiger partial charge in [0.2, 0.25) is 0 Å². The van der Waals surface area contributed by atoms with Crippen molar-refractivity contribution in [2.24, 2.45) is 4.99 Å². The van der Waals surface area contributed by atoms with Gasteiger partial charge in [0.05, 0.1) is 17.9 Å². The molecule has 0 aliphatic heterocycles. The largest absolute Gasteiger partial charge is 0.494 e. The van der Waals surface area contributed by atoms with E-state index < -0.39 is 0 Å². The molecule has 27 heavy (non-hydrogen) atoms. The SMILES string of the molecule is CCOc1ccc(C=Nc2ccc(C(=O)Oc3ccccc3C)cc2)cc1. The fourth-order valence-electron chi connectivity index (χ4n) is 2.48. The molecule has 0 aliphatic rings. The molecule has 0 aromatic heterocycles. The molecule has 0 atom stereocenters. The number of hydrogen-bond donors (Lipinski definition) is 0. The molecule has 0 saturated carbocycles. The second-order valence-corrected chi connectivity index (χ2v) is 5.96. The molecule has 0 fully saturated rings. The zero-order chi connectivity index (χ0) is 19.1. The number of ether oxygens (including phenoxy) is 2. The zero-order valence-electron chi connectivity index (χ0n) is 15.4. The van der Waals surface area contributed by atoms with Crippen LogP contribution in [-0.4, -0.2) is 18.8 Å². The summed E-state index contributed by atoms with van der Waals surface area (Å²) in [5, 5.41) is 0. The van der Waals surface area contributed by atoms with Gasteiger partial charge in [0.15, 0.2) is 0 Å². The fourth-order valence-corrected chi connectivity index (χ4v) is 2.48. The summed E-state index contributed by atoms with van der Waals surface area (Å²) >= 11 is 0. The molecule has 0 N–H and O–H groups in total. The molecule has 4 heteroatoms. The number of rotatable bonds is 6. The minimum atomic E-state index is -0.383. The van der Waals surface area contributed by atoms with Crippen molar-refractivity contribution in [1.82, 2.24) is 0 Å². The highest BCUT2D eigenvalue weighted by molar-refractivity contribution is 5.91. The van der Waals surface area contributed by atoms with E-state index in [-0.39, 0.29) is 5.97 Å². The van der Waals surface area contributed by atoms with Gasteiger partial charge < -0.3 is 9.47 Å². The lowest BCUT2D eigenvalue weighted by Gasteiger charge is -2.07. The average molecular weight is 359 g/mol. The Morgan fingerprint density at radius 2 is 1.67 bits per heavy atom. The highest BCUT2D eigenvalue weighted by Crippen LogP contribution is 2.19. The summed E-state index contributed by atoms with van der Waals surface area (Å²) in [6.07, 6.45) is 1.77. The van der Waals surface area contributed by atoms with Gasteiger partial charge in [0.1, 0.15) is 11.5 Å². The Kier molecular flexibility index (Phi) is 6.00. The minimum absolute atomic E-state index is 0.383. The molecule has 0 heterocycles. The second-order valence-electron chi connectivity index (χ2n) is 5.96. The Labute approximate surface area is 159 Å². The Morgan fingerprint density at radius 1 is 0.963 bits per heavy atom. The number of aliphatic imine (C=N–C) groups is 1. The highest BCUT2D eigenvalue weighted by atomic mass is 16.5. The molecule has 0 aliphatic carbocycles. The first-order valence-electron chi connectivity index (χ1n) is 8.80. The zero-order valence-corrected chi connectivity index (χ0v) is 15.4. The van der Waals surface area contributed by atoms with Crippen molar-refractivity contribution in [3.05, 3.63) is 89.5 Å². The van der Waals surface area contributed by atoms with E-state index in [0.717, 1.165) is 22.6 Å². The summed E-state index contributed by atoms with van der Waals surface area (Å²) in [6.45, 7) is 4.50. The third-order valence-corrected chi connectivity index (χ3v) is 3.95. The number of carbonyl (C=O) groups is 1. The maximum atomic E-state index is 12.3. The van der Waals surface area contributed by atoms with E-state index in [1.807, 2.05) is 56.3 Å². The van der Waals surface area contributed by atoms with Crippen LogP contribution in [0.15, 0.2) is 77.8 Å². The number of benzene rings is 3. The number of esters is 1. The fraction of sp³-hybridized carbons (Fsp3) is 0.130. The summed E-state index contributed by atoms with van der Waals surface area (Å²) in [5.41, 5.74) is 3.14.